The van der Waals surface area contributed by atoms with Crippen LogP contribution in [0.25, 0.3) is 0 Å². The molecule has 0 saturated carbocycles. The molecule has 1 fully saturated rings. The number of hydrogen-bond donors (Lipinski definition) is 0. The zero-order valence-corrected chi connectivity index (χ0v) is 18.1. The van der Waals surface area contributed by atoms with E-state index < -0.39 is 10.0 Å². The minimum Gasteiger partial charge on any atom is -0.332 e. The third-order valence-corrected chi connectivity index (χ3v) is 7.26. The van der Waals surface area contributed by atoms with Gasteiger partial charge in [-0.25, -0.2) is 8.42 Å². The number of carbonyl (C=O) groups is 1. The lowest BCUT2D eigenvalue weighted by Gasteiger charge is -2.27. The average Bonchev–Trinajstić information content (AvgIpc) is 3.02. The molecular formula is C23H30N2O3S. The highest BCUT2D eigenvalue weighted by Gasteiger charge is 2.27. The zero-order valence-electron chi connectivity index (χ0n) is 17.3. The molecular weight excluding hydrogens is 384 g/mol. The molecule has 1 aliphatic rings. The largest absolute Gasteiger partial charge is 0.332 e. The SMILES string of the molecule is CC(C)N(Cc1ccccc1)C(=O)c1cccc(S(=O)(=O)N2CCCCCC2)c1. The zero-order chi connectivity index (χ0) is 20.9. The Bertz CT molecular complexity index is 918. The van der Waals surface area contributed by atoms with E-state index >= 15 is 0 Å². The van der Waals surface area contributed by atoms with Gasteiger partial charge in [-0.05, 0) is 50.5 Å². The second kappa shape index (κ2) is 9.55. The maximum atomic E-state index is 13.2. The molecule has 0 aliphatic carbocycles. The number of rotatable bonds is 6. The number of hydrogen-bond acceptors (Lipinski definition) is 3. The maximum Gasteiger partial charge on any atom is 0.254 e. The van der Waals surface area contributed by atoms with Gasteiger partial charge in [-0.3, -0.25) is 4.79 Å². The molecule has 29 heavy (non-hydrogen) atoms. The van der Waals surface area contributed by atoms with Crippen LogP contribution in [0.15, 0.2) is 59.5 Å². The van der Waals surface area contributed by atoms with E-state index in [1.807, 2.05) is 44.2 Å². The predicted octanol–water partition coefficient (Wildman–Crippen LogP) is 4.30. The molecule has 6 heteroatoms. The first-order valence-electron chi connectivity index (χ1n) is 10.3. The number of nitrogens with zero attached hydrogens (tertiary/aromatic N) is 2. The summed E-state index contributed by atoms with van der Waals surface area (Å²) < 4.78 is 27.8. The molecule has 0 radical (unpaired) electrons. The van der Waals surface area contributed by atoms with Gasteiger partial charge < -0.3 is 4.90 Å². The van der Waals surface area contributed by atoms with Gasteiger partial charge in [0.25, 0.3) is 5.91 Å². The van der Waals surface area contributed by atoms with Crippen LogP contribution in [0.2, 0.25) is 0 Å². The van der Waals surface area contributed by atoms with Crippen LogP contribution in [0.4, 0.5) is 0 Å². The predicted molar refractivity (Wildman–Crippen MR) is 115 cm³/mol. The second-order valence-electron chi connectivity index (χ2n) is 7.86. The first kappa shape index (κ1) is 21.5. The highest BCUT2D eigenvalue weighted by Crippen LogP contribution is 2.22. The van der Waals surface area contributed by atoms with Crippen LogP contribution in [-0.2, 0) is 16.6 Å². The van der Waals surface area contributed by atoms with E-state index in [4.69, 9.17) is 0 Å². The second-order valence-corrected chi connectivity index (χ2v) is 9.80. The summed E-state index contributed by atoms with van der Waals surface area (Å²) in [6.07, 6.45) is 3.90. The van der Waals surface area contributed by atoms with Crippen LogP contribution in [0.1, 0.15) is 55.5 Å². The topological polar surface area (TPSA) is 57.7 Å². The van der Waals surface area contributed by atoms with Gasteiger partial charge in [-0.2, -0.15) is 4.31 Å². The van der Waals surface area contributed by atoms with Gasteiger partial charge in [-0.15, -0.1) is 0 Å². The van der Waals surface area contributed by atoms with Gasteiger partial charge in [0.1, 0.15) is 0 Å². The summed E-state index contributed by atoms with van der Waals surface area (Å²) in [5.41, 5.74) is 1.45. The normalized spacial score (nSPS) is 15.8. The highest BCUT2D eigenvalue weighted by molar-refractivity contribution is 7.89. The summed E-state index contributed by atoms with van der Waals surface area (Å²) in [6.45, 7) is 5.52. The summed E-state index contributed by atoms with van der Waals surface area (Å²) in [4.78, 5) is 15.2. The lowest BCUT2D eigenvalue weighted by atomic mass is 10.1. The van der Waals surface area contributed by atoms with E-state index in [9.17, 15) is 13.2 Å². The summed E-state index contributed by atoms with van der Waals surface area (Å²) in [6, 6.07) is 16.3. The molecule has 0 aromatic heterocycles. The van der Waals surface area contributed by atoms with E-state index in [-0.39, 0.29) is 16.8 Å². The fourth-order valence-corrected chi connectivity index (χ4v) is 5.22. The Kier molecular flexibility index (Phi) is 7.09. The van der Waals surface area contributed by atoms with Crippen LogP contribution in [0, 0.1) is 0 Å². The van der Waals surface area contributed by atoms with Crippen LogP contribution in [0.3, 0.4) is 0 Å². The molecule has 0 unspecified atom stereocenters. The molecule has 1 amide bonds. The molecule has 0 spiro atoms. The van der Waals surface area contributed by atoms with Crippen molar-refractivity contribution in [3.63, 3.8) is 0 Å². The lowest BCUT2D eigenvalue weighted by molar-refractivity contribution is 0.0690. The summed E-state index contributed by atoms with van der Waals surface area (Å²) in [7, 11) is -3.58. The standard InChI is InChI=1S/C23H30N2O3S/c1-19(2)25(18-20-11-6-5-7-12-20)23(26)21-13-10-14-22(17-21)29(27,28)24-15-8-3-4-9-16-24/h5-7,10-14,17,19H,3-4,8-9,15-16,18H2,1-2H3. The Morgan fingerprint density at radius 3 is 2.24 bits per heavy atom. The molecule has 1 aliphatic heterocycles. The highest BCUT2D eigenvalue weighted by atomic mass is 32.2. The van der Waals surface area contributed by atoms with Crippen molar-refractivity contribution in [2.45, 2.75) is 57.0 Å². The van der Waals surface area contributed by atoms with Crippen molar-refractivity contribution in [2.75, 3.05) is 13.1 Å². The van der Waals surface area contributed by atoms with Crippen molar-refractivity contribution in [2.24, 2.45) is 0 Å². The van der Waals surface area contributed by atoms with Crippen LogP contribution in [0.5, 0.6) is 0 Å². The fourth-order valence-electron chi connectivity index (χ4n) is 3.66. The molecule has 0 atom stereocenters. The minimum atomic E-state index is -3.58. The van der Waals surface area contributed by atoms with E-state index in [0.29, 0.717) is 25.2 Å². The van der Waals surface area contributed by atoms with Gasteiger partial charge in [0.05, 0.1) is 4.90 Å². The Labute approximate surface area is 174 Å². The molecule has 0 N–H and O–H groups in total. The van der Waals surface area contributed by atoms with Crippen molar-refractivity contribution < 1.29 is 13.2 Å². The van der Waals surface area contributed by atoms with E-state index in [0.717, 1.165) is 31.2 Å². The summed E-state index contributed by atoms with van der Waals surface area (Å²) in [5, 5.41) is 0. The third-order valence-electron chi connectivity index (χ3n) is 5.36. The Balaban J connectivity index is 1.85. The molecule has 2 aromatic carbocycles. The Morgan fingerprint density at radius 1 is 0.966 bits per heavy atom. The fraction of sp³-hybridized carbons (Fsp3) is 0.435. The van der Waals surface area contributed by atoms with E-state index in [2.05, 4.69) is 0 Å². The molecule has 3 rings (SSSR count). The molecule has 1 heterocycles. The number of sulfonamides is 1. The molecule has 1 saturated heterocycles. The molecule has 5 nitrogen and oxygen atoms in total. The van der Waals surface area contributed by atoms with Gasteiger partial charge in [-0.1, -0.05) is 49.2 Å². The number of benzene rings is 2. The van der Waals surface area contributed by atoms with Gasteiger partial charge in [0.15, 0.2) is 0 Å². The lowest BCUT2D eigenvalue weighted by Crippen LogP contribution is -2.36. The minimum absolute atomic E-state index is 0.00595. The van der Waals surface area contributed by atoms with Gasteiger partial charge in [0.2, 0.25) is 10.0 Å². The van der Waals surface area contributed by atoms with E-state index in [1.165, 1.54) is 6.07 Å². The monoisotopic (exact) mass is 414 g/mol. The number of carbonyl (C=O) groups excluding carboxylic acids is 1. The number of amides is 1. The van der Waals surface area contributed by atoms with Crippen molar-refractivity contribution in [1.82, 2.24) is 9.21 Å². The molecule has 156 valence electrons. The average molecular weight is 415 g/mol. The Hall–Kier alpha value is -2.18. The summed E-state index contributed by atoms with van der Waals surface area (Å²) in [5.74, 6) is -0.156. The first-order valence-corrected chi connectivity index (χ1v) is 11.8. The quantitative estimate of drug-likeness (QED) is 0.708. The van der Waals surface area contributed by atoms with Crippen LogP contribution < -0.4 is 0 Å². The third kappa shape index (κ3) is 5.25. The van der Waals surface area contributed by atoms with Crippen molar-refractivity contribution in [1.29, 1.82) is 0 Å². The van der Waals surface area contributed by atoms with E-state index in [1.54, 1.807) is 27.4 Å². The summed E-state index contributed by atoms with van der Waals surface area (Å²) >= 11 is 0. The smallest absolute Gasteiger partial charge is 0.254 e. The van der Waals surface area contributed by atoms with Crippen LogP contribution in [-0.4, -0.2) is 42.7 Å². The maximum absolute atomic E-state index is 13.2. The van der Waals surface area contributed by atoms with Crippen molar-refractivity contribution in [3.05, 3.63) is 65.7 Å². The molecule has 0 bridgehead atoms. The molecule has 2 aromatic rings. The van der Waals surface area contributed by atoms with Gasteiger partial charge >= 0.3 is 0 Å². The van der Waals surface area contributed by atoms with Gasteiger partial charge in [0, 0.05) is 31.2 Å². The first-order chi connectivity index (χ1) is 13.9. The van der Waals surface area contributed by atoms with Crippen LogP contribution >= 0.6 is 0 Å². The van der Waals surface area contributed by atoms with Crippen molar-refractivity contribution >= 4 is 15.9 Å². The van der Waals surface area contributed by atoms with Crippen molar-refractivity contribution in [3.8, 4) is 0 Å². The Morgan fingerprint density at radius 2 is 1.62 bits per heavy atom.